The van der Waals surface area contributed by atoms with E-state index in [2.05, 4.69) is 4.98 Å². The summed E-state index contributed by atoms with van der Waals surface area (Å²) < 4.78 is 1.64. The molecule has 0 atom stereocenters. The number of benzene rings is 2. The first-order chi connectivity index (χ1) is 12.0. The van der Waals surface area contributed by atoms with E-state index in [9.17, 15) is 9.59 Å². The van der Waals surface area contributed by atoms with Crippen molar-refractivity contribution in [3.63, 3.8) is 0 Å². The summed E-state index contributed by atoms with van der Waals surface area (Å²) >= 11 is 1.32. The maximum atomic E-state index is 13.2. The number of para-hydroxylation sites is 1. The van der Waals surface area contributed by atoms with E-state index in [4.69, 9.17) is 0 Å². The molecule has 0 aliphatic carbocycles. The van der Waals surface area contributed by atoms with Crippen molar-refractivity contribution < 1.29 is 4.79 Å². The maximum Gasteiger partial charge on any atom is 0.266 e. The highest BCUT2D eigenvalue weighted by molar-refractivity contribution is 7.99. The minimum absolute atomic E-state index is 0.106. The molecule has 0 radical (unpaired) electrons. The van der Waals surface area contributed by atoms with Crippen molar-refractivity contribution in [1.29, 1.82) is 0 Å². The van der Waals surface area contributed by atoms with Gasteiger partial charge in [-0.3, -0.25) is 14.2 Å². The normalized spacial score (nSPS) is 11.0. The predicted molar refractivity (Wildman–Crippen MR) is 103 cm³/mol. The van der Waals surface area contributed by atoms with Gasteiger partial charge in [-0.25, -0.2) is 4.98 Å². The molecule has 0 amide bonds. The number of nitrogens with zero attached hydrogens (tertiary/aromatic N) is 2. The predicted octanol–water partition coefficient (Wildman–Crippen LogP) is 4.07. The van der Waals surface area contributed by atoms with Gasteiger partial charge in [0.25, 0.3) is 5.56 Å². The monoisotopic (exact) mass is 352 g/mol. The van der Waals surface area contributed by atoms with Gasteiger partial charge in [0.2, 0.25) is 0 Å². The fourth-order valence-electron chi connectivity index (χ4n) is 2.65. The molecule has 3 rings (SSSR count). The van der Waals surface area contributed by atoms with Crippen LogP contribution in [0, 0.1) is 13.8 Å². The van der Waals surface area contributed by atoms with E-state index in [0.29, 0.717) is 28.2 Å². The topological polar surface area (TPSA) is 52.0 Å². The molecule has 1 aromatic heterocycles. The minimum Gasteiger partial charge on any atom is -0.299 e. The summed E-state index contributed by atoms with van der Waals surface area (Å²) in [6.07, 6.45) is 0.480. The number of thioether (sulfide) groups is 1. The van der Waals surface area contributed by atoms with Crippen molar-refractivity contribution in [3.05, 3.63) is 63.9 Å². The Morgan fingerprint density at radius 3 is 2.64 bits per heavy atom. The maximum absolute atomic E-state index is 13.2. The summed E-state index contributed by atoms with van der Waals surface area (Å²) in [6, 6.07) is 13.2. The van der Waals surface area contributed by atoms with E-state index in [1.807, 2.05) is 57.2 Å². The molecule has 0 aliphatic rings. The molecule has 0 aliphatic heterocycles. The second kappa shape index (κ2) is 7.23. The van der Waals surface area contributed by atoms with Crippen LogP contribution in [-0.4, -0.2) is 21.1 Å². The van der Waals surface area contributed by atoms with Gasteiger partial charge in [0, 0.05) is 6.42 Å². The standard InChI is InChI=1S/C20H20N2O2S/c1-4-15(23)12-25-20-21-17-10-6-5-9-16(17)19(24)22(20)18-11-7-8-13(2)14(18)3/h5-11H,4,12H2,1-3H3. The number of aromatic nitrogens is 2. The number of rotatable bonds is 5. The SMILES string of the molecule is CCC(=O)CSc1nc2ccccc2c(=O)n1-c1cccc(C)c1C. The van der Waals surface area contributed by atoms with Crippen molar-refractivity contribution in [2.75, 3.05) is 5.75 Å². The van der Waals surface area contributed by atoms with Crippen LogP contribution < -0.4 is 5.56 Å². The summed E-state index contributed by atoms with van der Waals surface area (Å²) in [7, 11) is 0. The molecule has 1 heterocycles. The van der Waals surface area contributed by atoms with Crippen LogP contribution in [0.15, 0.2) is 52.4 Å². The van der Waals surface area contributed by atoms with Gasteiger partial charge in [-0.15, -0.1) is 0 Å². The molecule has 0 N–H and O–H groups in total. The number of fused-ring (bicyclic) bond motifs is 1. The van der Waals surface area contributed by atoms with E-state index in [-0.39, 0.29) is 11.3 Å². The Balaban J connectivity index is 2.27. The fourth-order valence-corrected chi connectivity index (χ4v) is 3.61. The number of ketones is 1. The molecule has 0 spiro atoms. The molecule has 4 nitrogen and oxygen atoms in total. The van der Waals surface area contributed by atoms with Gasteiger partial charge in [-0.2, -0.15) is 0 Å². The highest BCUT2D eigenvalue weighted by Gasteiger charge is 2.16. The summed E-state index contributed by atoms with van der Waals surface area (Å²) in [4.78, 5) is 29.6. The third-order valence-electron chi connectivity index (χ3n) is 4.32. The van der Waals surface area contributed by atoms with E-state index in [1.54, 1.807) is 10.6 Å². The van der Waals surface area contributed by atoms with Crippen LogP contribution in [0.4, 0.5) is 0 Å². The highest BCUT2D eigenvalue weighted by Crippen LogP contribution is 2.24. The lowest BCUT2D eigenvalue weighted by Gasteiger charge is -2.16. The lowest BCUT2D eigenvalue weighted by molar-refractivity contribution is -0.116. The van der Waals surface area contributed by atoms with Gasteiger partial charge < -0.3 is 0 Å². The molecular weight excluding hydrogens is 332 g/mol. The largest absolute Gasteiger partial charge is 0.299 e. The van der Waals surface area contributed by atoms with Gasteiger partial charge in [-0.05, 0) is 43.2 Å². The number of hydrogen-bond donors (Lipinski definition) is 0. The van der Waals surface area contributed by atoms with E-state index >= 15 is 0 Å². The fraction of sp³-hybridized carbons (Fsp3) is 0.250. The average molecular weight is 352 g/mol. The van der Waals surface area contributed by atoms with Crippen LogP contribution in [0.2, 0.25) is 0 Å². The molecule has 2 aromatic carbocycles. The van der Waals surface area contributed by atoms with Crippen LogP contribution >= 0.6 is 11.8 Å². The Kier molecular flexibility index (Phi) is 5.04. The first-order valence-corrected chi connectivity index (χ1v) is 9.24. The van der Waals surface area contributed by atoms with E-state index in [0.717, 1.165) is 16.8 Å². The van der Waals surface area contributed by atoms with E-state index < -0.39 is 0 Å². The average Bonchev–Trinajstić information content (AvgIpc) is 2.62. The molecule has 128 valence electrons. The van der Waals surface area contributed by atoms with Crippen LogP contribution in [0.3, 0.4) is 0 Å². The van der Waals surface area contributed by atoms with Crippen molar-refractivity contribution in [1.82, 2.24) is 9.55 Å². The minimum atomic E-state index is -0.106. The van der Waals surface area contributed by atoms with E-state index in [1.165, 1.54) is 11.8 Å². The van der Waals surface area contributed by atoms with Crippen LogP contribution in [0.1, 0.15) is 24.5 Å². The van der Waals surface area contributed by atoms with Crippen molar-refractivity contribution in [3.8, 4) is 5.69 Å². The van der Waals surface area contributed by atoms with Gasteiger partial charge in [0.05, 0.1) is 22.3 Å². The van der Waals surface area contributed by atoms with Crippen molar-refractivity contribution in [2.24, 2.45) is 0 Å². The number of Topliss-reactive ketones (excluding diaryl/α,β-unsaturated/α-hetero) is 1. The Morgan fingerprint density at radius 1 is 1.12 bits per heavy atom. The molecule has 0 unspecified atom stereocenters. The number of carbonyl (C=O) groups excluding carboxylic acids is 1. The Hall–Kier alpha value is -2.40. The summed E-state index contributed by atoms with van der Waals surface area (Å²) in [5.41, 5.74) is 3.50. The number of hydrogen-bond acceptors (Lipinski definition) is 4. The molecule has 3 aromatic rings. The Labute approximate surface area is 150 Å². The molecular formula is C20H20N2O2S. The number of aryl methyl sites for hydroxylation is 1. The zero-order valence-electron chi connectivity index (χ0n) is 14.6. The molecule has 0 saturated heterocycles. The first kappa shape index (κ1) is 17.4. The van der Waals surface area contributed by atoms with Crippen LogP contribution in [0.25, 0.3) is 16.6 Å². The zero-order chi connectivity index (χ0) is 18.0. The molecule has 25 heavy (non-hydrogen) atoms. The Bertz CT molecular complexity index is 1010. The molecule has 0 fully saturated rings. The zero-order valence-corrected chi connectivity index (χ0v) is 15.4. The van der Waals surface area contributed by atoms with Gasteiger partial charge in [-0.1, -0.05) is 43.0 Å². The van der Waals surface area contributed by atoms with Gasteiger partial charge >= 0.3 is 0 Å². The Morgan fingerprint density at radius 2 is 1.88 bits per heavy atom. The van der Waals surface area contributed by atoms with Crippen LogP contribution in [-0.2, 0) is 4.79 Å². The smallest absolute Gasteiger partial charge is 0.266 e. The van der Waals surface area contributed by atoms with Crippen molar-refractivity contribution >= 4 is 28.4 Å². The van der Waals surface area contributed by atoms with Crippen molar-refractivity contribution in [2.45, 2.75) is 32.3 Å². The second-order valence-corrected chi connectivity index (χ2v) is 6.89. The highest BCUT2D eigenvalue weighted by atomic mass is 32.2. The number of carbonyl (C=O) groups is 1. The molecule has 0 bridgehead atoms. The molecule has 0 saturated carbocycles. The first-order valence-electron chi connectivity index (χ1n) is 8.25. The van der Waals surface area contributed by atoms with Gasteiger partial charge in [0.15, 0.2) is 5.16 Å². The third-order valence-corrected chi connectivity index (χ3v) is 5.32. The molecule has 5 heteroatoms. The summed E-state index contributed by atoms with van der Waals surface area (Å²) in [5, 5.41) is 1.13. The lowest BCUT2D eigenvalue weighted by Crippen LogP contribution is -2.23. The quantitative estimate of drug-likeness (QED) is 0.513. The lowest BCUT2D eigenvalue weighted by atomic mass is 10.1. The third kappa shape index (κ3) is 3.37. The summed E-state index contributed by atoms with van der Waals surface area (Å²) in [6.45, 7) is 5.86. The second-order valence-electron chi connectivity index (χ2n) is 5.95. The summed E-state index contributed by atoms with van der Waals surface area (Å²) in [5.74, 6) is 0.450. The van der Waals surface area contributed by atoms with Gasteiger partial charge in [0.1, 0.15) is 5.78 Å². The van der Waals surface area contributed by atoms with Crippen LogP contribution in [0.5, 0.6) is 0 Å².